The van der Waals surface area contributed by atoms with Gasteiger partial charge in [-0.05, 0) is 0 Å². The molecule has 1 aliphatic rings. The third kappa shape index (κ3) is 1.78. The Hall–Kier alpha value is -1.16. The first-order valence-corrected chi connectivity index (χ1v) is 4.20. The third-order valence-corrected chi connectivity index (χ3v) is 2.10. The summed E-state index contributed by atoms with van der Waals surface area (Å²) in [4.78, 5) is 3.61. The molecule has 4 heteroatoms. The Bertz CT molecular complexity index is 299. The summed E-state index contributed by atoms with van der Waals surface area (Å²) in [5, 5.41) is 8.98. The Kier molecular flexibility index (Phi) is 2.14. The van der Waals surface area contributed by atoms with Crippen molar-refractivity contribution in [1.29, 1.82) is 0 Å². The van der Waals surface area contributed by atoms with Crippen molar-refractivity contribution in [3.63, 3.8) is 0 Å². The first-order valence-electron chi connectivity index (χ1n) is 4.20. The Labute approximate surface area is 75.2 Å². The quantitative estimate of drug-likeness (QED) is 0.747. The summed E-state index contributed by atoms with van der Waals surface area (Å²) in [6, 6.07) is 1.49. The monoisotopic (exact) mass is 183 g/mol. The second-order valence-corrected chi connectivity index (χ2v) is 3.17. The van der Waals surface area contributed by atoms with Crippen LogP contribution in [0.4, 0.5) is 4.39 Å². The van der Waals surface area contributed by atoms with Gasteiger partial charge in [0.05, 0.1) is 12.3 Å². The molecule has 0 radical (unpaired) electrons. The minimum Gasteiger partial charge on any atom is -0.487 e. The summed E-state index contributed by atoms with van der Waals surface area (Å²) in [6.45, 7) is 0. The van der Waals surface area contributed by atoms with Gasteiger partial charge in [-0.15, -0.1) is 0 Å². The van der Waals surface area contributed by atoms with Crippen molar-refractivity contribution in [3.8, 4) is 5.75 Å². The second kappa shape index (κ2) is 3.30. The normalized spacial score (nSPS) is 26.6. The van der Waals surface area contributed by atoms with E-state index in [9.17, 15) is 4.39 Å². The maximum Gasteiger partial charge on any atom is 0.183 e. The molecular formula is C9H10FNO2. The number of aliphatic hydroxyl groups excluding tert-OH is 1. The highest BCUT2D eigenvalue weighted by Gasteiger charge is 2.29. The number of hydrogen-bond donors (Lipinski definition) is 1. The molecular weight excluding hydrogens is 173 g/mol. The van der Waals surface area contributed by atoms with Gasteiger partial charge in [-0.25, -0.2) is 4.39 Å². The number of hydrogen-bond acceptors (Lipinski definition) is 3. The van der Waals surface area contributed by atoms with Crippen LogP contribution < -0.4 is 4.74 Å². The van der Waals surface area contributed by atoms with Gasteiger partial charge in [0.1, 0.15) is 6.10 Å². The van der Waals surface area contributed by atoms with E-state index in [-0.39, 0.29) is 18.0 Å². The predicted molar refractivity (Wildman–Crippen MR) is 43.9 cm³/mol. The average Bonchev–Trinajstić information content (AvgIpc) is 2.06. The minimum atomic E-state index is -0.455. The number of aromatic nitrogens is 1. The van der Waals surface area contributed by atoms with Crippen LogP contribution in [-0.4, -0.2) is 22.3 Å². The lowest BCUT2D eigenvalue weighted by atomic mass is 9.92. The van der Waals surface area contributed by atoms with E-state index in [2.05, 4.69) is 4.98 Å². The lowest BCUT2D eigenvalue weighted by Gasteiger charge is -2.31. The summed E-state index contributed by atoms with van der Waals surface area (Å²) >= 11 is 0. The number of halogens is 1. The molecule has 1 aromatic heterocycles. The largest absolute Gasteiger partial charge is 0.487 e. The molecule has 0 aromatic carbocycles. The fourth-order valence-corrected chi connectivity index (χ4v) is 1.27. The standard InChI is InChI=1S/C9H10FNO2/c10-8-5-11-2-1-9(8)13-7-3-6(12)4-7/h1-2,5-7,12H,3-4H2. The molecule has 1 fully saturated rings. The summed E-state index contributed by atoms with van der Waals surface area (Å²) in [6.07, 6.45) is 3.43. The Morgan fingerprint density at radius 2 is 2.31 bits per heavy atom. The summed E-state index contributed by atoms with van der Waals surface area (Å²) in [7, 11) is 0. The van der Waals surface area contributed by atoms with E-state index in [1.165, 1.54) is 12.3 Å². The molecule has 2 rings (SSSR count). The van der Waals surface area contributed by atoms with Crippen LogP contribution in [0.2, 0.25) is 0 Å². The van der Waals surface area contributed by atoms with Gasteiger partial charge in [0.2, 0.25) is 0 Å². The van der Waals surface area contributed by atoms with Crippen LogP contribution in [-0.2, 0) is 0 Å². The predicted octanol–water partition coefficient (Wildman–Crippen LogP) is 1.12. The molecule has 0 aliphatic heterocycles. The van der Waals surface area contributed by atoms with Gasteiger partial charge >= 0.3 is 0 Å². The van der Waals surface area contributed by atoms with Crippen molar-refractivity contribution in [2.24, 2.45) is 0 Å². The van der Waals surface area contributed by atoms with Crippen LogP contribution in [0.25, 0.3) is 0 Å². The Morgan fingerprint density at radius 3 is 2.92 bits per heavy atom. The van der Waals surface area contributed by atoms with Crippen molar-refractivity contribution in [3.05, 3.63) is 24.3 Å². The average molecular weight is 183 g/mol. The van der Waals surface area contributed by atoms with Gasteiger partial charge < -0.3 is 9.84 Å². The first kappa shape index (κ1) is 8.44. The first-order chi connectivity index (χ1) is 6.25. The van der Waals surface area contributed by atoms with Crippen LogP contribution in [0, 0.1) is 5.82 Å². The van der Waals surface area contributed by atoms with Crippen molar-refractivity contribution >= 4 is 0 Å². The second-order valence-electron chi connectivity index (χ2n) is 3.17. The third-order valence-electron chi connectivity index (χ3n) is 2.10. The molecule has 0 spiro atoms. The number of pyridine rings is 1. The Morgan fingerprint density at radius 1 is 1.54 bits per heavy atom. The fourth-order valence-electron chi connectivity index (χ4n) is 1.27. The highest BCUT2D eigenvalue weighted by molar-refractivity contribution is 5.20. The molecule has 0 bridgehead atoms. The van der Waals surface area contributed by atoms with Crippen LogP contribution in [0.3, 0.4) is 0 Å². The van der Waals surface area contributed by atoms with E-state index in [4.69, 9.17) is 9.84 Å². The number of aliphatic hydroxyl groups is 1. The van der Waals surface area contributed by atoms with Gasteiger partial charge in [0.15, 0.2) is 11.6 Å². The van der Waals surface area contributed by atoms with Crippen LogP contribution in [0.1, 0.15) is 12.8 Å². The fraction of sp³-hybridized carbons (Fsp3) is 0.444. The molecule has 0 unspecified atom stereocenters. The van der Waals surface area contributed by atoms with Gasteiger partial charge in [-0.2, -0.15) is 0 Å². The minimum absolute atomic E-state index is 0.0492. The molecule has 3 nitrogen and oxygen atoms in total. The molecule has 0 atom stereocenters. The zero-order chi connectivity index (χ0) is 9.26. The topological polar surface area (TPSA) is 42.4 Å². The molecule has 1 N–H and O–H groups in total. The molecule has 1 heterocycles. The molecule has 1 aromatic rings. The number of rotatable bonds is 2. The number of nitrogens with zero attached hydrogens (tertiary/aromatic N) is 1. The van der Waals surface area contributed by atoms with Crippen LogP contribution in [0.15, 0.2) is 18.5 Å². The molecule has 1 saturated carbocycles. The SMILES string of the molecule is OC1CC(Oc2ccncc2F)C1. The highest BCUT2D eigenvalue weighted by atomic mass is 19.1. The molecule has 1 aliphatic carbocycles. The maximum absolute atomic E-state index is 13.0. The van der Waals surface area contributed by atoms with E-state index >= 15 is 0 Å². The van der Waals surface area contributed by atoms with E-state index in [1.807, 2.05) is 0 Å². The van der Waals surface area contributed by atoms with Crippen molar-refractivity contribution in [1.82, 2.24) is 4.98 Å². The van der Waals surface area contributed by atoms with E-state index in [1.54, 1.807) is 0 Å². The molecule has 0 saturated heterocycles. The lowest BCUT2D eigenvalue weighted by molar-refractivity contribution is -0.0125. The van der Waals surface area contributed by atoms with Gasteiger partial charge in [0.25, 0.3) is 0 Å². The van der Waals surface area contributed by atoms with Crippen molar-refractivity contribution in [2.45, 2.75) is 25.0 Å². The highest BCUT2D eigenvalue weighted by Crippen LogP contribution is 2.26. The zero-order valence-corrected chi connectivity index (χ0v) is 6.98. The molecule has 70 valence electrons. The zero-order valence-electron chi connectivity index (χ0n) is 6.98. The Balaban J connectivity index is 1.98. The smallest absolute Gasteiger partial charge is 0.183 e. The summed E-state index contributed by atoms with van der Waals surface area (Å²) < 4.78 is 18.2. The van der Waals surface area contributed by atoms with Crippen LogP contribution in [0.5, 0.6) is 5.75 Å². The van der Waals surface area contributed by atoms with E-state index in [0.29, 0.717) is 12.8 Å². The lowest BCUT2D eigenvalue weighted by Crippen LogP contribution is -2.37. The molecule has 0 amide bonds. The summed E-state index contributed by atoms with van der Waals surface area (Å²) in [5.41, 5.74) is 0. The van der Waals surface area contributed by atoms with Crippen LogP contribution >= 0.6 is 0 Å². The van der Waals surface area contributed by atoms with E-state index < -0.39 is 5.82 Å². The van der Waals surface area contributed by atoms with Crippen molar-refractivity contribution in [2.75, 3.05) is 0 Å². The van der Waals surface area contributed by atoms with Crippen molar-refractivity contribution < 1.29 is 14.2 Å². The molecule has 13 heavy (non-hydrogen) atoms. The van der Waals surface area contributed by atoms with Gasteiger partial charge in [-0.1, -0.05) is 0 Å². The van der Waals surface area contributed by atoms with Gasteiger partial charge in [-0.3, -0.25) is 4.98 Å². The van der Waals surface area contributed by atoms with E-state index in [0.717, 1.165) is 6.20 Å². The number of ether oxygens (including phenoxy) is 1. The van der Waals surface area contributed by atoms with Gasteiger partial charge in [0, 0.05) is 25.1 Å². The summed E-state index contributed by atoms with van der Waals surface area (Å²) in [5.74, 6) is -0.240. The maximum atomic E-state index is 13.0.